The molecule has 4 amide bonds. The van der Waals surface area contributed by atoms with Crippen molar-refractivity contribution in [3.05, 3.63) is 0 Å². The van der Waals surface area contributed by atoms with Crippen molar-refractivity contribution in [1.82, 2.24) is 21.3 Å². The molecule has 3 fully saturated rings. The highest BCUT2D eigenvalue weighted by Gasteiger charge is 2.42. The molecular formula is C28H50N4O6S3. The number of hydrogen-bond donors (Lipinski definition) is 4. The molecule has 41 heavy (non-hydrogen) atoms. The van der Waals surface area contributed by atoms with E-state index in [2.05, 4.69) is 21.3 Å². The van der Waals surface area contributed by atoms with Gasteiger partial charge < -0.3 is 35.5 Å². The number of amides is 4. The van der Waals surface area contributed by atoms with Gasteiger partial charge in [-0.05, 0) is 44.9 Å². The third kappa shape index (κ3) is 15.4. The summed E-state index contributed by atoms with van der Waals surface area (Å²) in [5, 5.41) is 13.1. The number of nitrogens with one attached hydrogen (secondary N) is 4. The Morgan fingerprint density at radius 1 is 0.780 bits per heavy atom. The van der Waals surface area contributed by atoms with Gasteiger partial charge >= 0.3 is 6.03 Å². The Morgan fingerprint density at radius 3 is 2.00 bits per heavy atom. The third-order valence-corrected chi connectivity index (χ3v) is 11.8. The summed E-state index contributed by atoms with van der Waals surface area (Å²) in [6.07, 6.45) is 10.3. The highest BCUT2D eigenvalue weighted by Crippen LogP contribution is 2.39. The van der Waals surface area contributed by atoms with E-state index in [1.165, 1.54) is 18.6 Å². The van der Waals surface area contributed by atoms with Crippen LogP contribution >= 0.6 is 33.3 Å². The molecule has 0 unspecified atom stereocenters. The molecule has 10 nitrogen and oxygen atoms in total. The predicted molar refractivity (Wildman–Crippen MR) is 169 cm³/mol. The van der Waals surface area contributed by atoms with Crippen LogP contribution in [-0.2, 0) is 23.8 Å². The van der Waals surface area contributed by atoms with Gasteiger partial charge in [0.2, 0.25) is 11.8 Å². The maximum atomic E-state index is 12.0. The monoisotopic (exact) mass is 634 g/mol. The summed E-state index contributed by atoms with van der Waals surface area (Å²) in [5.74, 6) is 2.48. The fourth-order valence-corrected chi connectivity index (χ4v) is 9.59. The molecule has 0 aliphatic carbocycles. The summed E-state index contributed by atoms with van der Waals surface area (Å²) in [4.78, 5) is 35.4. The van der Waals surface area contributed by atoms with Crippen LogP contribution in [0.4, 0.5) is 4.79 Å². The van der Waals surface area contributed by atoms with E-state index >= 15 is 0 Å². The maximum absolute atomic E-state index is 12.0. The molecule has 0 aromatic rings. The number of rotatable bonds is 24. The molecule has 3 saturated heterocycles. The van der Waals surface area contributed by atoms with E-state index in [1.54, 1.807) is 0 Å². The van der Waals surface area contributed by atoms with Crippen molar-refractivity contribution in [1.29, 1.82) is 0 Å². The molecule has 4 N–H and O–H groups in total. The number of fused-ring (bicyclic) bond motifs is 1. The Labute approximate surface area is 257 Å². The second kappa shape index (κ2) is 21.8. The van der Waals surface area contributed by atoms with E-state index in [1.807, 2.05) is 33.3 Å². The highest BCUT2D eigenvalue weighted by molar-refractivity contribution is 8.77. The number of carbonyl (C=O) groups excluding carboxylic acids is 3. The lowest BCUT2D eigenvalue weighted by Gasteiger charge is -2.16. The molecule has 0 saturated carbocycles. The minimum atomic E-state index is -0.0505. The maximum Gasteiger partial charge on any atom is 0.315 e. The average Bonchev–Trinajstić information content (AvgIpc) is 3.70. The second-order valence-electron chi connectivity index (χ2n) is 10.7. The molecule has 0 spiro atoms. The van der Waals surface area contributed by atoms with Crippen LogP contribution in [-0.4, -0.2) is 105 Å². The third-order valence-electron chi connectivity index (χ3n) is 7.31. The van der Waals surface area contributed by atoms with Crippen molar-refractivity contribution >= 4 is 51.2 Å². The minimum absolute atomic E-state index is 0.0505. The largest absolute Gasteiger partial charge is 0.379 e. The molecule has 3 rings (SSSR count). The molecule has 0 radical (unpaired) electrons. The van der Waals surface area contributed by atoms with E-state index in [-0.39, 0.29) is 29.9 Å². The lowest BCUT2D eigenvalue weighted by molar-refractivity contribution is -0.122. The smallest absolute Gasteiger partial charge is 0.315 e. The molecular weight excluding hydrogens is 585 g/mol. The van der Waals surface area contributed by atoms with Crippen molar-refractivity contribution < 1.29 is 28.6 Å². The van der Waals surface area contributed by atoms with Gasteiger partial charge in [0.25, 0.3) is 0 Å². The summed E-state index contributed by atoms with van der Waals surface area (Å²) >= 11 is 1.91. The first-order valence-corrected chi connectivity index (χ1v) is 18.8. The second-order valence-corrected chi connectivity index (χ2v) is 14.7. The van der Waals surface area contributed by atoms with Gasteiger partial charge in [0, 0.05) is 61.2 Å². The van der Waals surface area contributed by atoms with Crippen molar-refractivity contribution in [2.75, 3.05) is 64.2 Å². The van der Waals surface area contributed by atoms with Gasteiger partial charge in [-0.3, -0.25) is 9.59 Å². The molecule has 3 aliphatic rings. The standard InChI is InChI=1S/C28H50N4O6S3/c33-25(9-3-1-7-22-11-20-40-41-22)29-12-5-14-36-16-18-38-19-17-37-15-6-13-30-26(34)10-4-2-8-24-27-23(21-39-24)31-28(35)32-27/h22-24,27H,1-21H2,(H,29,33)(H,30,34)(H2,31,32,35)/t22-,23-,24+,27-/m1/s1. The summed E-state index contributed by atoms with van der Waals surface area (Å²) in [7, 11) is 3.98. The minimum Gasteiger partial charge on any atom is -0.379 e. The van der Waals surface area contributed by atoms with Crippen LogP contribution in [0, 0.1) is 0 Å². The first-order chi connectivity index (χ1) is 20.1. The van der Waals surface area contributed by atoms with Gasteiger partial charge in [-0.25, -0.2) is 4.79 Å². The summed E-state index contributed by atoms with van der Waals surface area (Å²) < 4.78 is 16.6. The van der Waals surface area contributed by atoms with Gasteiger partial charge in [0.15, 0.2) is 0 Å². The molecule has 13 heteroatoms. The lowest BCUT2D eigenvalue weighted by atomic mass is 10.0. The van der Waals surface area contributed by atoms with E-state index in [0.717, 1.165) is 55.9 Å². The number of unbranched alkanes of at least 4 members (excludes halogenated alkanes) is 2. The zero-order chi connectivity index (χ0) is 29.0. The molecule has 3 heterocycles. The van der Waals surface area contributed by atoms with Gasteiger partial charge in [-0.2, -0.15) is 11.8 Å². The van der Waals surface area contributed by atoms with Crippen LogP contribution in [0.25, 0.3) is 0 Å². The molecule has 4 atom stereocenters. The Balaban J connectivity index is 0.972. The molecule has 3 aliphatic heterocycles. The van der Waals surface area contributed by atoms with Crippen LogP contribution < -0.4 is 21.3 Å². The first kappa shape index (κ1) is 34.6. The highest BCUT2D eigenvalue weighted by atomic mass is 33.1. The topological polar surface area (TPSA) is 127 Å². The van der Waals surface area contributed by atoms with Crippen LogP contribution in [0.15, 0.2) is 0 Å². The van der Waals surface area contributed by atoms with Gasteiger partial charge in [-0.15, -0.1) is 0 Å². The molecule has 0 aromatic heterocycles. The van der Waals surface area contributed by atoms with E-state index in [9.17, 15) is 14.4 Å². The zero-order valence-corrected chi connectivity index (χ0v) is 26.8. The molecule has 0 aromatic carbocycles. The van der Waals surface area contributed by atoms with Crippen LogP contribution in [0.3, 0.4) is 0 Å². The van der Waals surface area contributed by atoms with E-state index < -0.39 is 0 Å². The van der Waals surface area contributed by atoms with Crippen LogP contribution in [0.2, 0.25) is 0 Å². The van der Waals surface area contributed by atoms with Gasteiger partial charge in [-0.1, -0.05) is 34.4 Å². The number of ether oxygens (including phenoxy) is 3. The Bertz CT molecular complexity index is 762. The summed E-state index contributed by atoms with van der Waals surface area (Å²) in [5.41, 5.74) is 0. The SMILES string of the molecule is O=C(CCCC[C@@H]1CCSS1)NCCCOCCOCCOCCCNC(=O)CCCC[C@@H]1SC[C@H]2NC(=O)N[C@@H]12. The predicted octanol–water partition coefficient (Wildman–Crippen LogP) is 3.49. The normalized spacial score (nSPS) is 23.3. The number of urea groups is 1. The quantitative estimate of drug-likeness (QED) is 0.0717. The fourth-order valence-electron chi connectivity index (χ4n) is 5.02. The van der Waals surface area contributed by atoms with E-state index in [0.29, 0.717) is 70.8 Å². The summed E-state index contributed by atoms with van der Waals surface area (Å²) in [6, 6.07) is 0.446. The number of hydrogen-bond acceptors (Lipinski definition) is 9. The molecule has 236 valence electrons. The zero-order valence-electron chi connectivity index (χ0n) is 24.3. The Kier molecular flexibility index (Phi) is 18.4. The van der Waals surface area contributed by atoms with Crippen molar-refractivity contribution in [3.63, 3.8) is 0 Å². The van der Waals surface area contributed by atoms with Crippen LogP contribution in [0.1, 0.15) is 70.6 Å². The Hall–Kier alpha value is -0.860. The van der Waals surface area contributed by atoms with Crippen LogP contribution in [0.5, 0.6) is 0 Å². The Morgan fingerprint density at radius 2 is 1.39 bits per heavy atom. The number of carbonyl (C=O) groups is 3. The fraction of sp³-hybridized carbons (Fsp3) is 0.893. The van der Waals surface area contributed by atoms with Crippen molar-refractivity contribution in [2.45, 2.75) is 93.2 Å². The average molecular weight is 635 g/mol. The van der Waals surface area contributed by atoms with Crippen molar-refractivity contribution in [2.24, 2.45) is 0 Å². The lowest BCUT2D eigenvalue weighted by Crippen LogP contribution is -2.36. The molecule has 0 bridgehead atoms. The first-order valence-electron chi connectivity index (χ1n) is 15.4. The number of thioether (sulfide) groups is 1. The van der Waals surface area contributed by atoms with Crippen molar-refractivity contribution in [3.8, 4) is 0 Å². The summed E-state index contributed by atoms with van der Waals surface area (Å²) in [6.45, 7) is 4.57. The van der Waals surface area contributed by atoms with E-state index in [4.69, 9.17) is 14.2 Å². The van der Waals surface area contributed by atoms with Gasteiger partial charge in [0.05, 0.1) is 38.5 Å². The van der Waals surface area contributed by atoms with Gasteiger partial charge in [0.1, 0.15) is 0 Å².